The smallest absolute Gasteiger partial charge is 0.324 e. The van der Waals surface area contributed by atoms with Crippen molar-refractivity contribution in [2.75, 3.05) is 19.7 Å². The van der Waals surface area contributed by atoms with Gasteiger partial charge in [-0.1, -0.05) is 0 Å². The molecule has 2 heterocycles. The molecular weight excluding hydrogens is 184 g/mol. The van der Waals surface area contributed by atoms with Gasteiger partial charge in [0.1, 0.15) is 0 Å². The number of imide groups is 1. The van der Waals surface area contributed by atoms with E-state index in [1.165, 1.54) is 0 Å². The minimum Gasteiger partial charge on any atom is -0.376 e. The molecular formula is C9H14N2O3. The first-order chi connectivity index (χ1) is 6.75. The van der Waals surface area contributed by atoms with Gasteiger partial charge in [-0.15, -0.1) is 0 Å². The summed E-state index contributed by atoms with van der Waals surface area (Å²) in [5.41, 5.74) is 0. The zero-order chi connectivity index (χ0) is 9.97. The highest BCUT2D eigenvalue weighted by Crippen LogP contribution is 2.14. The Balaban J connectivity index is 1.85. The number of rotatable bonds is 2. The molecule has 2 rings (SSSR count). The number of amides is 3. The quantitative estimate of drug-likeness (QED) is 0.685. The average molecular weight is 198 g/mol. The Bertz CT molecular complexity index is 248. The molecule has 0 aromatic rings. The van der Waals surface area contributed by atoms with E-state index in [0.29, 0.717) is 19.5 Å². The van der Waals surface area contributed by atoms with Gasteiger partial charge in [0.05, 0.1) is 6.10 Å². The maximum Gasteiger partial charge on any atom is 0.324 e. The third-order valence-corrected chi connectivity index (χ3v) is 2.59. The molecule has 1 unspecified atom stereocenters. The van der Waals surface area contributed by atoms with Crippen molar-refractivity contribution < 1.29 is 14.3 Å². The Hall–Kier alpha value is -1.10. The summed E-state index contributed by atoms with van der Waals surface area (Å²) in [5, 5.41) is 2.30. The summed E-state index contributed by atoms with van der Waals surface area (Å²) in [5.74, 6) is -0.182. The lowest BCUT2D eigenvalue weighted by atomic mass is 10.2. The lowest BCUT2D eigenvalue weighted by Gasteiger charge is -2.28. The van der Waals surface area contributed by atoms with Gasteiger partial charge in [0.2, 0.25) is 5.91 Å². The fourth-order valence-corrected chi connectivity index (χ4v) is 1.81. The zero-order valence-electron chi connectivity index (χ0n) is 7.99. The first-order valence-electron chi connectivity index (χ1n) is 4.96. The SMILES string of the molecule is O=C1CCN(CC2CCCO2)C(=O)N1. The summed E-state index contributed by atoms with van der Waals surface area (Å²) in [4.78, 5) is 23.8. The normalized spacial score (nSPS) is 28.0. The Morgan fingerprint density at radius 2 is 2.36 bits per heavy atom. The molecule has 1 atom stereocenters. The molecule has 0 bridgehead atoms. The van der Waals surface area contributed by atoms with Crippen LogP contribution in [0.3, 0.4) is 0 Å². The first-order valence-corrected chi connectivity index (χ1v) is 4.96. The number of hydrogen-bond acceptors (Lipinski definition) is 3. The lowest BCUT2D eigenvalue weighted by molar-refractivity contribution is -0.121. The second kappa shape index (κ2) is 3.96. The Morgan fingerprint density at radius 3 is 3.00 bits per heavy atom. The van der Waals surface area contributed by atoms with Gasteiger partial charge in [-0.05, 0) is 12.8 Å². The minimum atomic E-state index is -0.281. The first kappa shape index (κ1) is 9.45. The molecule has 0 saturated carbocycles. The van der Waals surface area contributed by atoms with Gasteiger partial charge in [0.15, 0.2) is 0 Å². The molecule has 0 spiro atoms. The molecule has 1 N–H and O–H groups in total. The van der Waals surface area contributed by atoms with E-state index in [9.17, 15) is 9.59 Å². The van der Waals surface area contributed by atoms with E-state index in [4.69, 9.17) is 4.74 Å². The third kappa shape index (κ3) is 2.04. The molecule has 0 aromatic heterocycles. The number of carbonyl (C=O) groups is 2. The molecule has 3 amide bonds. The monoisotopic (exact) mass is 198 g/mol. The molecule has 78 valence electrons. The van der Waals surface area contributed by atoms with Crippen LogP contribution in [0.1, 0.15) is 19.3 Å². The largest absolute Gasteiger partial charge is 0.376 e. The van der Waals surface area contributed by atoms with Crippen LogP contribution >= 0.6 is 0 Å². The van der Waals surface area contributed by atoms with Gasteiger partial charge in [0, 0.05) is 26.1 Å². The molecule has 5 nitrogen and oxygen atoms in total. The van der Waals surface area contributed by atoms with E-state index >= 15 is 0 Å². The summed E-state index contributed by atoms with van der Waals surface area (Å²) in [6, 6.07) is -0.281. The van der Waals surface area contributed by atoms with Gasteiger partial charge in [-0.3, -0.25) is 10.1 Å². The van der Waals surface area contributed by atoms with Crippen molar-refractivity contribution in [2.24, 2.45) is 0 Å². The van der Waals surface area contributed by atoms with Gasteiger partial charge in [0.25, 0.3) is 0 Å². The minimum absolute atomic E-state index is 0.161. The van der Waals surface area contributed by atoms with Crippen molar-refractivity contribution in [2.45, 2.75) is 25.4 Å². The summed E-state index contributed by atoms with van der Waals surface area (Å²) in [6.45, 7) is 1.92. The molecule has 0 aromatic carbocycles. The molecule has 2 saturated heterocycles. The van der Waals surface area contributed by atoms with Crippen molar-refractivity contribution >= 4 is 11.9 Å². The number of carbonyl (C=O) groups excluding carboxylic acids is 2. The molecule has 5 heteroatoms. The van der Waals surface area contributed by atoms with Crippen LogP contribution in [0, 0.1) is 0 Å². The van der Waals surface area contributed by atoms with Crippen LogP contribution in [0.5, 0.6) is 0 Å². The lowest BCUT2D eigenvalue weighted by Crippen LogP contribution is -2.51. The molecule has 0 aliphatic carbocycles. The van der Waals surface area contributed by atoms with Crippen LogP contribution in [0.2, 0.25) is 0 Å². The predicted octanol–water partition coefficient (Wildman–Crippen LogP) is 0.107. The van der Waals surface area contributed by atoms with E-state index < -0.39 is 0 Å². The second-order valence-corrected chi connectivity index (χ2v) is 3.68. The van der Waals surface area contributed by atoms with Crippen LogP contribution in [0.25, 0.3) is 0 Å². The molecule has 0 radical (unpaired) electrons. The molecule has 2 aliphatic rings. The van der Waals surface area contributed by atoms with Crippen LogP contribution in [0.15, 0.2) is 0 Å². The van der Waals surface area contributed by atoms with E-state index in [1.54, 1.807) is 4.90 Å². The number of nitrogens with one attached hydrogen (secondary N) is 1. The van der Waals surface area contributed by atoms with E-state index in [1.807, 2.05) is 0 Å². The molecule has 14 heavy (non-hydrogen) atoms. The summed E-state index contributed by atoms with van der Waals surface area (Å²) in [7, 11) is 0. The van der Waals surface area contributed by atoms with Crippen LogP contribution < -0.4 is 5.32 Å². The third-order valence-electron chi connectivity index (χ3n) is 2.59. The van der Waals surface area contributed by atoms with Crippen molar-refractivity contribution in [1.29, 1.82) is 0 Å². The van der Waals surface area contributed by atoms with Gasteiger partial charge in [-0.25, -0.2) is 4.79 Å². The maximum atomic E-state index is 11.3. The van der Waals surface area contributed by atoms with Gasteiger partial charge < -0.3 is 9.64 Å². The fraction of sp³-hybridized carbons (Fsp3) is 0.778. The van der Waals surface area contributed by atoms with Gasteiger partial charge in [-0.2, -0.15) is 0 Å². The summed E-state index contributed by atoms with van der Waals surface area (Å²) in [6.07, 6.45) is 2.64. The standard InChI is InChI=1S/C9H14N2O3/c12-8-3-4-11(9(13)10-8)6-7-2-1-5-14-7/h7H,1-6H2,(H,10,12,13). The summed E-state index contributed by atoms with van der Waals surface area (Å²) >= 11 is 0. The summed E-state index contributed by atoms with van der Waals surface area (Å²) < 4.78 is 5.42. The van der Waals surface area contributed by atoms with Crippen LogP contribution in [-0.2, 0) is 9.53 Å². The van der Waals surface area contributed by atoms with Crippen molar-refractivity contribution in [3.63, 3.8) is 0 Å². The number of hydrogen-bond donors (Lipinski definition) is 1. The molecule has 2 fully saturated rings. The van der Waals surface area contributed by atoms with E-state index in [2.05, 4.69) is 5.32 Å². The Kier molecular flexibility index (Phi) is 2.67. The fourth-order valence-electron chi connectivity index (χ4n) is 1.81. The van der Waals surface area contributed by atoms with Crippen LogP contribution in [0.4, 0.5) is 4.79 Å². The van der Waals surface area contributed by atoms with Gasteiger partial charge >= 0.3 is 6.03 Å². The Labute approximate surface area is 82.4 Å². The van der Waals surface area contributed by atoms with E-state index in [0.717, 1.165) is 19.4 Å². The number of nitrogens with zero attached hydrogens (tertiary/aromatic N) is 1. The predicted molar refractivity (Wildman–Crippen MR) is 48.7 cm³/mol. The van der Waals surface area contributed by atoms with Crippen molar-refractivity contribution in [3.8, 4) is 0 Å². The van der Waals surface area contributed by atoms with Crippen molar-refractivity contribution in [3.05, 3.63) is 0 Å². The highest BCUT2D eigenvalue weighted by molar-refractivity contribution is 5.96. The number of urea groups is 1. The maximum absolute atomic E-state index is 11.3. The van der Waals surface area contributed by atoms with Crippen molar-refractivity contribution in [1.82, 2.24) is 10.2 Å². The zero-order valence-corrected chi connectivity index (χ0v) is 7.99. The highest BCUT2D eigenvalue weighted by Gasteiger charge is 2.26. The average Bonchev–Trinajstić information content (AvgIpc) is 2.62. The van der Waals surface area contributed by atoms with E-state index in [-0.39, 0.29) is 18.0 Å². The van der Waals surface area contributed by atoms with Crippen LogP contribution in [-0.4, -0.2) is 42.6 Å². The second-order valence-electron chi connectivity index (χ2n) is 3.68. The highest BCUT2D eigenvalue weighted by atomic mass is 16.5. The number of ether oxygens (including phenoxy) is 1. The Morgan fingerprint density at radius 1 is 1.50 bits per heavy atom. The molecule has 2 aliphatic heterocycles. The topological polar surface area (TPSA) is 58.6 Å².